The Labute approximate surface area is 221 Å². The van der Waals surface area contributed by atoms with E-state index < -0.39 is 17.7 Å². The Morgan fingerprint density at radius 1 is 0.946 bits per heavy atom. The van der Waals surface area contributed by atoms with Crippen LogP contribution in [0.4, 0.5) is 0 Å². The summed E-state index contributed by atoms with van der Waals surface area (Å²) < 4.78 is 11.7. The second-order valence-electron chi connectivity index (χ2n) is 11.7. The van der Waals surface area contributed by atoms with E-state index in [9.17, 15) is 14.7 Å². The lowest BCUT2D eigenvalue weighted by Gasteiger charge is -2.30. The monoisotopic (exact) mass is 507 g/mol. The van der Waals surface area contributed by atoms with Crippen LogP contribution in [0.3, 0.4) is 0 Å². The Morgan fingerprint density at radius 3 is 2.03 bits per heavy atom. The number of carboxylic acid groups (broad SMARTS) is 1. The van der Waals surface area contributed by atoms with E-state index in [0.717, 1.165) is 64.6 Å². The third-order valence-electron chi connectivity index (χ3n) is 7.98. The van der Waals surface area contributed by atoms with Gasteiger partial charge >= 0.3 is 5.97 Å². The Hall–Kier alpha value is -2.70. The molecule has 4 rings (SSSR count). The van der Waals surface area contributed by atoms with Crippen LogP contribution in [-0.2, 0) is 32.2 Å². The summed E-state index contributed by atoms with van der Waals surface area (Å²) in [6.45, 7) is 12.8. The van der Waals surface area contributed by atoms with Crippen molar-refractivity contribution in [1.29, 1.82) is 0 Å². The van der Waals surface area contributed by atoms with Crippen molar-refractivity contribution in [2.24, 2.45) is 5.92 Å². The number of aryl methyl sites for hydroxylation is 1. The third kappa shape index (κ3) is 5.60. The normalized spacial score (nSPS) is 20.6. The van der Waals surface area contributed by atoms with Crippen LogP contribution in [0.5, 0.6) is 0 Å². The highest BCUT2D eigenvalue weighted by atomic mass is 16.5. The van der Waals surface area contributed by atoms with Crippen LogP contribution in [0.25, 0.3) is 11.1 Å². The van der Waals surface area contributed by atoms with Crippen LogP contribution >= 0.6 is 0 Å². The van der Waals surface area contributed by atoms with E-state index in [2.05, 4.69) is 19.1 Å². The number of nitrogens with zero attached hydrogens (tertiary/aromatic N) is 1. The number of hydrogen-bond donors (Lipinski definition) is 1. The Kier molecular flexibility index (Phi) is 7.82. The molecule has 2 aromatic rings. The van der Waals surface area contributed by atoms with Gasteiger partial charge in [0.15, 0.2) is 6.10 Å². The molecule has 0 aromatic heterocycles. The van der Waals surface area contributed by atoms with Gasteiger partial charge < -0.3 is 19.5 Å². The predicted molar refractivity (Wildman–Crippen MR) is 144 cm³/mol. The molecule has 2 aromatic carbocycles. The lowest BCUT2D eigenvalue weighted by molar-refractivity contribution is -0.160. The number of methoxy groups -OCH3 is 1. The summed E-state index contributed by atoms with van der Waals surface area (Å²) in [5, 5.41) is 10.3. The van der Waals surface area contributed by atoms with Gasteiger partial charge in [-0.15, -0.1) is 0 Å². The second-order valence-corrected chi connectivity index (χ2v) is 11.7. The van der Waals surface area contributed by atoms with Gasteiger partial charge in [-0.1, -0.05) is 29.8 Å². The highest BCUT2D eigenvalue weighted by molar-refractivity contribution is 5.85. The molecule has 200 valence electrons. The van der Waals surface area contributed by atoms with Gasteiger partial charge in [0, 0.05) is 31.7 Å². The predicted octanol–water partition coefficient (Wildman–Crippen LogP) is 6.27. The molecule has 0 saturated heterocycles. The number of carbonyl (C=O) groups is 2. The summed E-state index contributed by atoms with van der Waals surface area (Å²) in [5.41, 5.74) is 7.20. The molecule has 1 unspecified atom stereocenters. The smallest absolute Gasteiger partial charge is 0.337 e. The fraction of sp³-hybridized carbons (Fsp3) is 0.548. The first-order valence-corrected chi connectivity index (χ1v) is 13.3. The SMILES string of the molecule is COC1CCC(C(=O)N2Cc3c(C)c(-c4ccc(C)cc4)c(C(OC(C)(C)C)C(=O)O)c(C)c3C2)CC1. The van der Waals surface area contributed by atoms with E-state index >= 15 is 0 Å². The van der Waals surface area contributed by atoms with Crippen molar-refractivity contribution in [3.63, 3.8) is 0 Å². The Bertz CT molecular complexity index is 1170. The molecule has 1 N–H and O–H groups in total. The van der Waals surface area contributed by atoms with Gasteiger partial charge in [-0.2, -0.15) is 0 Å². The zero-order chi connectivity index (χ0) is 27.1. The van der Waals surface area contributed by atoms with Gasteiger partial charge in [-0.05, 0) is 101 Å². The molecule has 6 nitrogen and oxygen atoms in total. The molecule has 6 heteroatoms. The molecule has 37 heavy (non-hydrogen) atoms. The molecule has 1 amide bonds. The minimum Gasteiger partial charge on any atom is -0.479 e. The Morgan fingerprint density at radius 2 is 1.51 bits per heavy atom. The average molecular weight is 508 g/mol. The first kappa shape index (κ1) is 27.3. The number of benzene rings is 2. The maximum absolute atomic E-state index is 13.6. The molecule has 1 aliphatic heterocycles. The van der Waals surface area contributed by atoms with Crippen LogP contribution < -0.4 is 0 Å². The van der Waals surface area contributed by atoms with Crippen molar-refractivity contribution < 1.29 is 24.2 Å². The molecular formula is C31H41NO5. The van der Waals surface area contributed by atoms with Crippen LogP contribution in [-0.4, -0.2) is 40.7 Å². The van der Waals surface area contributed by atoms with E-state index in [1.807, 2.05) is 51.7 Å². The molecule has 0 radical (unpaired) electrons. The summed E-state index contributed by atoms with van der Waals surface area (Å²) in [7, 11) is 1.74. The van der Waals surface area contributed by atoms with Crippen LogP contribution in [0.15, 0.2) is 24.3 Å². The van der Waals surface area contributed by atoms with E-state index in [4.69, 9.17) is 9.47 Å². The minimum atomic E-state index is -1.12. The van der Waals surface area contributed by atoms with Crippen molar-refractivity contribution >= 4 is 11.9 Å². The van der Waals surface area contributed by atoms with Gasteiger partial charge in [0.25, 0.3) is 0 Å². The van der Waals surface area contributed by atoms with Crippen molar-refractivity contribution in [2.75, 3.05) is 7.11 Å². The van der Waals surface area contributed by atoms with Crippen molar-refractivity contribution in [3.8, 4) is 11.1 Å². The van der Waals surface area contributed by atoms with Crippen molar-refractivity contribution in [1.82, 2.24) is 4.90 Å². The second kappa shape index (κ2) is 10.6. The molecular weight excluding hydrogens is 466 g/mol. The zero-order valence-electron chi connectivity index (χ0n) is 23.3. The van der Waals surface area contributed by atoms with Gasteiger partial charge in [-0.25, -0.2) is 4.79 Å². The average Bonchev–Trinajstić information content (AvgIpc) is 3.31. The molecule has 0 bridgehead atoms. The number of ether oxygens (including phenoxy) is 2. The number of carboxylic acids is 1. The molecule has 0 spiro atoms. The lowest BCUT2D eigenvalue weighted by Crippen LogP contribution is -2.35. The first-order chi connectivity index (χ1) is 17.4. The number of amides is 1. The molecule has 1 fully saturated rings. The largest absolute Gasteiger partial charge is 0.479 e. The summed E-state index contributed by atoms with van der Waals surface area (Å²) in [4.78, 5) is 28.1. The fourth-order valence-electron chi connectivity index (χ4n) is 5.99. The quantitative estimate of drug-likeness (QED) is 0.499. The van der Waals surface area contributed by atoms with E-state index in [-0.39, 0.29) is 17.9 Å². The maximum Gasteiger partial charge on any atom is 0.337 e. The maximum atomic E-state index is 13.6. The molecule has 1 aliphatic carbocycles. The van der Waals surface area contributed by atoms with E-state index in [1.54, 1.807) is 7.11 Å². The third-order valence-corrected chi connectivity index (χ3v) is 7.98. The minimum absolute atomic E-state index is 0.0216. The summed E-state index contributed by atoms with van der Waals surface area (Å²) in [6, 6.07) is 8.20. The van der Waals surface area contributed by atoms with Gasteiger partial charge in [0.1, 0.15) is 0 Å². The van der Waals surface area contributed by atoms with Crippen molar-refractivity contribution in [3.05, 3.63) is 57.6 Å². The highest BCUT2D eigenvalue weighted by Crippen LogP contribution is 2.44. The Balaban J connectivity index is 1.79. The number of fused-ring (bicyclic) bond motifs is 1. The van der Waals surface area contributed by atoms with Crippen LogP contribution in [0.1, 0.15) is 85.9 Å². The fourth-order valence-corrected chi connectivity index (χ4v) is 5.99. The molecule has 1 saturated carbocycles. The molecule has 2 aliphatic rings. The van der Waals surface area contributed by atoms with E-state index in [0.29, 0.717) is 18.7 Å². The summed E-state index contributed by atoms with van der Waals surface area (Å²) >= 11 is 0. The first-order valence-electron chi connectivity index (χ1n) is 13.3. The number of rotatable bonds is 6. The lowest BCUT2D eigenvalue weighted by atomic mass is 9.83. The van der Waals surface area contributed by atoms with Gasteiger partial charge in [-0.3, -0.25) is 4.79 Å². The summed E-state index contributed by atoms with van der Waals surface area (Å²) in [5.74, 6) is -0.788. The summed E-state index contributed by atoms with van der Waals surface area (Å²) in [6.07, 6.45) is 2.66. The number of carbonyl (C=O) groups excluding carboxylic acids is 1. The van der Waals surface area contributed by atoms with Crippen LogP contribution in [0, 0.1) is 26.7 Å². The zero-order valence-corrected chi connectivity index (χ0v) is 23.3. The number of hydrogen-bond acceptors (Lipinski definition) is 4. The standard InChI is InChI=1S/C31H41NO5/c1-18-8-10-21(11-9-18)26-19(2)24-16-32(29(33)22-12-14-23(36-7)15-13-22)17-25(24)20(3)27(26)28(30(34)35)37-31(4,5)6/h8-11,22-23,28H,12-17H2,1-7H3,(H,34,35). The van der Waals surface area contributed by atoms with E-state index in [1.165, 1.54) is 0 Å². The van der Waals surface area contributed by atoms with Gasteiger partial charge in [0.05, 0.1) is 11.7 Å². The topological polar surface area (TPSA) is 76.1 Å². The van der Waals surface area contributed by atoms with Crippen molar-refractivity contribution in [2.45, 2.75) is 98.1 Å². The molecule has 1 heterocycles. The van der Waals surface area contributed by atoms with Crippen LogP contribution in [0.2, 0.25) is 0 Å². The van der Waals surface area contributed by atoms with Gasteiger partial charge in [0.2, 0.25) is 5.91 Å². The number of aliphatic carboxylic acids is 1. The molecule has 1 atom stereocenters. The highest BCUT2D eigenvalue weighted by Gasteiger charge is 2.38.